The molecule has 0 saturated carbocycles. The second kappa shape index (κ2) is 5.48. The van der Waals surface area contributed by atoms with E-state index >= 15 is 0 Å². The molecule has 0 radical (unpaired) electrons. The maximum absolute atomic E-state index is 10.1. The Balaban J connectivity index is 2.14. The average molecular weight is 333 g/mol. The zero-order chi connectivity index (χ0) is 12.4. The summed E-state index contributed by atoms with van der Waals surface area (Å²) in [6, 6.07) is 5.47. The first-order valence-corrected chi connectivity index (χ1v) is 7.15. The van der Waals surface area contributed by atoms with Gasteiger partial charge >= 0.3 is 0 Å². The second-order valence-corrected chi connectivity index (χ2v) is 6.08. The van der Waals surface area contributed by atoms with Gasteiger partial charge in [0, 0.05) is 16.3 Å². The van der Waals surface area contributed by atoms with Gasteiger partial charge in [0.05, 0.1) is 21.8 Å². The Labute approximate surface area is 117 Å². The number of aliphatic hydroxyl groups excluding tert-OH is 1. The summed E-state index contributed by atoms with van der Waals surface area (Å²) < 4.78 is 0.833. The third kappa shape index (κ3) is 3.28. The molecule has 1 unspecified atom stereocenters. The van der Waals surface area contributed by atoms with E-state index in [9.17, 15) is 5.11 Å². The molecule has 0 spiro atoms. The third-order valence-corrected chi connectivity index (χ3v) is 4.45. The van der Waals surface area contributed by atoms with Crippen LogP contribution in [-0.4, -0.2) is 10.1 Å². The molecule has 0 bridgehead atoms. The van der Waals surface area contributed by atoms with Crippen LogP contribution < -0.4 is 0 Å². The van der Waals surface area contributed by atoms with Gasteiger partial charge in [0.15, 0.2) is 0 Å². The number of rotatable bonds is 3. The average Bonchev–Trinajstić information content (AvgIpc) is 2.68. The smallest absolute Gasteiger partial charge is 0.0897 e. The van der Waals surface area contributed by atoms with Crippen LogP contribution in [0.2, 0.25) is 5.02 Å². The molecule has 0 aliphatic heterocycles. The summed E-state index contributed by atoms with van der Waals surface area (Å²) in [6.45, 7) is 1.96. The molecular formula is C12H11BrClNOS. The number of aryl methyl sites for hydroxylation is 1. The van der Waals surface area contributed by atoms with E-state index in [0.29, 0.717) is 11.4 Å². The van der Waals surface area contributed by atoms with Crippen molar-refractivity contribution >= 4 is 38.9 Å². The van der Waals surface area contributed by atoms with Crippen LogP contribution >= 0.6 is 38.9 Å². The standard InChI is InChI=1S/C12H11BrClNOS/c1-7-15-9(6-17-7)5-12(16)8-2-3-10(13)11(14)4-8/h2-4,6,12,16H,5H2,1H3. The normalized spacial score (nSPS) is 12.7. The van der Waals surface area contributed by atoms with Crippen LogP contribution in [0.25, 0.3) is 0 Å². The van der Waals surface area contributed by atoms with Gasteiger partial charge in [-0.2, -0.15) is 0 Å². The number of hydrogen-bond acceptors (Lipinski definition) is 3. The van der Waals surface area contributed by atoms with Crippen molar-refractivity contribution < 1.29 is 5.11 Å². The number of thiazole rings is 1. The minimum atomic E-state index is -0.568. The van der Waals surface area contributed by atoms with Crippen molar-refractivity contribution in [3.63, 3.8) is 0 Å². The maximum Gasteiger partial charge on any atom is 0.0897 e. The van der Waals surface area contributed by atoms with Crippen molar-refractivity contribution in [1.82, 2.24) is 4.98 Å². The Morgan fingerprint density at radius 3 is 2.88 bits per heavy atom. The van der Waals surface area contributed by atoms with Crippen LogP contribution in [0, 0.1) is 6.92 Å². The van der Waals surface area contributed by atoms with Crippen LogP contribution in [0.4, 0.5) is 0 Å². The highest BCUT2D eigenvalue weighted by Gasteiger charge is 2.11. The molecule has 0 fully saturated rings. The minimum Gasteiger partial charge on any atom is -0.388 e. The van der Waals surface area contributed by atoms with Gasteiger partial charge in [-0.3, -0.25) is 0 Å². The lowest BCUT2D eigenvalue weighted by atomic mass is 10.1. The van der Waals surface area contributed by atoms with Gasteiger partial charge < -0.3 is 5.11 Å². The van der Waals surface area contributed by atoms with Crippen molar-refractivity contribution in [2.24, 2.45) is 0 Å². The van der Waals surface area contributed by atoms with Crippen LogP contribution in [0.5, 0.6) is 0 Å². The van der Waals surface area contributed by atoms with Crippen LogP contribution in [0.1, 0.15) is 22.4 Å². The molecule has 90 valence electrons. The fourth-order valence-electron chi connectivity index (χ4n) is 1.54. The predicted molar refractivity (Wildman–Crippen MR) is 74.7 cm³/mol. The first-order chi connectivity index (χ1) is 8.06. The molecule has 17 heavy (non-hydrogen) atoms. The van der Waals surface area contributed by atoms with Crippen LogP contribution in [0.15, 0.2) is 28.1 Å². The predicted octanol–water partition coefficient (Wildman–Crippen LogP) is 4.14. The molecule has 1 aromatic carbocycles. The van der Waals surface area contributed by atoms with Gasteiger partial charge in [0.2, 0.25) is 0 Å². The molecule has 0 saturated heterocycles. The van der Waals surface area contributed by atoms with E-state index in [4.69, 9.17) is 11.6 Å². The summed E-state index contributed by atoms with van der Waals surface area (Å²) in [6.07, 6.45) is -0.0513. The van der Waals surface area contributed by atoms with Crippen molar-refractivity contribution in [2.45, 2.75) is 19.4 Å². The topological polar surface area (TPSA) is 33.1 Å². The Morgan fingerprint density at radius 2 is 2.29 bits per heavy atom. The van der Waals surface area contributed by atoms with E-state index in [1.165, 1.54) is 0 Å². The monoisotopic (exact) mass is 331 g/mol. The van der Waals surface area contributed by atoms with E-state index in [2.05, 4.69) is 20.9 Å². The van der Waals surface area contributed by atoms with Gasteiger partial charge in [-0.05, 0) is 40.5 Å². The SMILES string of the molecule is Cc1nc(CC(O)c2ccc(Br)c(Cl)c2)cs1. The lowest BCUT2D eigenvalue weighted by Gasteiger charge is -2.10. The molecule has 1 heterocycles. The Hall–Kier alpha value is -0.420. The Bertz CT molecular complexity index is 529. The zero-order valence-electron chi connectivity index (χ0n) is 9.15. The quantitative estimate of drug-likeness (QED) is 0.916. The largest absolute Gasteiger partial charge is 0.388 e. The molecule has 0 aliphatic rings. The molecule has 2 rings (SSSR count). The number of halogens is 2. The van der Waals surface area contributed by atoms with Crippen molar-refractivity contribution in [3.8, 4) is 0 Å². The molecule has 1 N–H and O–H groups in total. The van der Waals surface area contributed by atoms with Crippen LogP contribution in [0.3, 0.4) is 0 Å². The Morgan fingerprint density at radius 1 is 1.53 bits per heavy atom. The number of benzene rings is 1. The fourth-order valence-corrected chi connectivity index (χ4v) is 2.60. The molecule has 2 nitrogen and oxygen atoms in total. The maximum atomic E-state index is 10.1. The van der Waals surface area contributed by atoms with E-state index in [1.807, 2.05) is 24.4 Å². The summed E-state index contributed by atoms with van der Waals surface area (Å²) in [5.74, 6) is 0. The molecule has 1 aromatic heterocycles. The first kappa shape index (κ1) is 13.0. The molecule has 2 aromatic rings. The molecule has 1 atom stereocenters. The number of aliphatic hydroxyl groups is 1. The van der Waals surface area contributed by atoms with Crippen LogP contribution in [-0.2, 0) is 6.42 Å². The number of aromatic nitrogens is 1. The highest BCUT2D eigenvalue weighted by Crippen LogP contribution is 2.27. The number of nitrogens with zero attached hydrogens (tertiary/aromatic N) is 1. The van der Waals surface area contributed by atoms with Gasteiger partial charge in [-0.25, -0.2) is 4.98 Å². The highest BCUT2D eigenvalue weighted by molar-refractivity contribution is 9.10. The van der Waals surface area contributed by atoms with Gasteiger partial charge in [-0.1, -0.05) is 17.7 Å². The highest BCUT2D eigenvalue weighted by atomic mass is 79.9. The van der Waals surface area contributed by atoms with Gasteiger partial charge in [0.25, 0.3) is 0 Å². The molecule has 0 aliphatic carbocycles. The van der Waals surface area contributed by atoms with Gasteiger partial charge in [-0.15, -0.1) is 11.3 Å². The third-order valence-electron chi connectivity index (χ3n) is 2.40. The summed E-state index contributed by atoms with van der Waals surface area (Å²) in [5.41, 5.74) is 1.72. The Kier molecular flexibility index (Phi) is 4.20. The molecule has 0 amide bonds. The van der Waals surface area contributed by atoms with E-state index in [-0.39, 0.29) is 0 Å². The zero-order valence-corrected chi connectivity index (χ0v) is 12.3. The minimum absolute atomic E-state index is 0.516. The summed E-state index contributed by atoms with van der Waals surface area (Å²) in [4.78, 5) is 4.33. The second-order valence-electron chi connectivity index (χ2n) is 3.75. The summed E-state index contributed by atoms with van der Waals surface area (Å²) in [7, 11) is 0. The van der Waals surface area contributed by atoms with Crippen molar-refractivity contribution in [2.75, 3.05) is 0 Å². The number of hydrogen-bond donors (Lipinski definition) is 1. The van der Waals surface area contributed by atoms with Crippen molar-refractivity contribution in [1.29, 1.82) is 0 Å². The lowest BCUT2D eigenvalue weighted by Crippen LogP contribution is -2.02. The molecular weight excluding hydrogens is 322 g/mol. The first-order valence-electron chi connectivity index (χ1n) is 5.10. The lowest BCUT2D eigenvalue weighted by molar-refractivity contribution is 0.177. The van der Waals surface area contributed by atoms with Crippen molar-refractivity contribution in [3.05, 3.63) is 49.3 Å². The van der Waals surface area contributed by atoms with E-state index in [0.717, 1.165) is 20.7 Å². The summed E-state index contributed by atoms with van der Waals surface area (Å²) in [5, 5.41) is 13.7. The fraction of sp³-hybridized carbons (Fsp3) is 0.250. The van der Waals surface area contributed by atoms with E-state index < -0.39 is 6.10 Å². The van der Waals surface area contributed by atoms with Gasteiger partial charge in [0.1, 0.15) is 0 Å². The van der Waals surface area contributed by atoms with E-state index in [1.54, 1.807) is 17.4 Å². The summed E-state index contributed by atoms with van der Waals surface area (Å²) >= 11 is 10.9. The molecule has 5 heteroatoms.